The highest BCUT2D eigenvalue weighted by atomic mass is 79.9. The van der Waals surface area contributed by atoms with E-state index in [1.165, 1.54) is 0 Å². The second-order valence-corrected chi connectivity index (χ2v) is 5.51. The van der Waals surface area contributed by atoms with Crippen LogP contribution in [0, 0.1) is 0 Å². The zero-order valence-corrected chi connectivity index (χ0v) is 12.2. The molecule has 1 fully saturated rings. The average Bonchev–Trinajstić information content (AvgIpc) is 2.36. The molecule has 1 aromatic rings. The van der Waals surface area contributed by atoms with Crippen LogP contribution in [-0.4, -0.2) is 43.0 Å². The summed E-state index contributed by atoms with van der Waals surface area (Å²) in [6.07, 6.45) is 0. The van der Waals surface area contributed by atoms with Crippen molar-refractivity contribution in [2.24, 2.45) is 5.73 Å². The Labute approximate surface area is 116 Å². The molecule has 0 aliphatic carbocycles. The van der Waals surface area contributed by atoms with Gasteiger partial charge in [-0.25, -0.2) is 0 Å². The summed E-state index contributed by atoms with van der Waals surface area (Å²) in [5.74, 6) is 0.0898. The number of benzene rings is 1. The lowest BCUT2D eigenvalue weighted by atomic mass is 10.1. The van der Waals surface area contributed by atoms with Crippen LogP contribution in [0.2, 0.25) is 0 Å². The van der Waals surface area contributed by atoms with Gasteiger partial charge in [0.15, 0.2) is 0 Å². The molecule has 1 amide bonds. The third-order valence-corrected chi connectivity index (χ3v) is 4.19. The monoisotopic (exact) mass is 311 g/mol. The molecule has 4 nitrogen and oxygen atoms in total. The summed E-state index contributed by atoms with van der Waals surface area (Å²) in [7, 11) is 1.84. The number of hydrogen-bond acceptors (Lipinski definition) is 3. The molecule has 0 spiro atoms. The number of halogens is 1. The number of rotatable bonds is 2. The van der Waals surface area contributed by atoms with Crippen LogP contribution in [0.3, 0.4) is 0 Å². The van der Waals surface area contributed by atoms with E-state index in [1.54, 1.807) is 4.90 Å². The number of para-hydroxylation sites is 1. The smallest absolute Gasteiger partial charge is 0.246 e. The maximum atomic E-state index is 12.3. The van der Waals surface area contributed by atoms with Gasteiger partial charge in [0.05, 0.1) is 5.69 Å². The number of carbonyl (C=O) groups excluding carboxylic acids is 1. The first-order valence-electron chi connectivity index (χ1n) is 6.04. The number of amides is 1. The molecular formula is C13H18BrN3O. The molecule has 5 heteroatoms. The van der Waals surface area contributed by atoms with Crippen LogP contribution in [0.15, 0.2) is 28.7 Å². The molecule has 1 aliphatic heterocycles. The van der Waals surface area contributed by atoms with E-state index >= 15 is 0 Å². The number of likely N-dealkylation sites (N-methyl/N-ethyl adjacent to an activating group) is 1. The first-order valence-corrected chi connectivity index (χ1v) is 6.83. The molecule has 2 rings (SSSR count). The van der Waals surface area contributed by atoms with Gasteiger partial charge in [0.25, 0.3) is 0 Å². The second-order valence-electron chi connectivity index (χ2n) is 4.65. The van der Waals surface area contributed by atoms with Crippen molar-refractivity contribution in [1.82, 2.24) is 4.90 Å². The van der Waals surface area contributed by atoms with Gasteiger partial charge >= 0.3 is 0 Å². The van der Waals surface area contributed by atoms with Crippen LogP contribution in [0.1, 0.15) is 6.92 Å². The Kier molecular flexibility index (Phi) is 3.92. The summed E-state index contributed by atoms with van der Waals surface area (Å²) >= 11 is 3.54. The predicted molar refractivity (Wildman–Crippen MR) is 76.6 cm³/mol. The van der Waals surface area contributed by atoms with Crippen LogP contribution in [-0.2, 0) is 4.79 Å². The summed E-state index contributed by atoms with van der Waals surface area (Å²) in [5.41, 5.74) is 6.80. The largest absolute Gasteiger partial charge is 0.356 e. The molecule has 1 saturated heterocycles. The van der Waals surface area contributed by atoms with Gasteiger partial charge in [-0.3, -0.25) is 4.79 Å². The Morgan fingerprint density at radius 3 is 2.72 bits per heavy atom. The molecule has 0 saturated carbocycles. The Morgan fingerprint density at radius 1 is 1.44 bits per heavy atom. The molecule has 0 bridgehead atoms. The molecule has 1 aliphatic rings. The Balaban J connectivity index is 2.37. The van der Waals surface area contributed by atoms with Crippen LogP contribution in [0.25, 0.3) is 0 Å². The number of carbonyl (C=O) groups is 1. The third kappa shape index (κ3) is 2.24. The molecule has 2 unspecified atom stereocenters. The molecule has 2 atom stereocenters. The number of piperazine rings is 1. The van der Waals surface area contributed by atoms with Gasteiger partial charge in [0.1, 0.15) is 6.04 Å². The summed E-state index contributed by atoms with van der Waals surface area (Å²) in [5, 5.41) is 0. The van der Waals surface area contributed by atoms with Crippen LogP contribution >= 0.6 is 15.9 Å². The van der Waals surface area contributed by atoms with Gasteiger partial charge in [-0.15, -0.1) is 0 Å². The van der Waals surface area contributed by atoms with E-state index in [2.05, 4.69) is 27.8 Å². The van der Waals surface area contributed by atoms with Crippen molar-refractivity contribution in [3.05, 3.63) is 28.7 Å². The van der Waals surface area contributed by atoms with E-state index in [0.29, 0.717) is 6.54 Å². The second kappa shape index (κ2) is 5.28. The van der Waals surface area contributed by atoms with Gasteiger partial charge in [-0.1, -0.05) is 12.1 Å². The van der Waals surface area contributed by atoms with Crippen molar-refractivity contribution in [2.45, 2.75) is 19.0 Å². The molecule has 0 aromatic heterocycles. The fourth-order valence-electron chi connectivity index (χ4n) is 2.30. The van der Waals surface area contributed by atoms with E-state index in [0.717, 1.165) is 16.7 Å². The number of nitrogens with two attached hydrogens (primary N) is 1. The molecule has 98 valence electrons. The highest BCUT2D eigenvalue weighted by Gasteiger charge is 2.36. The van der Waals surface area contributed by atoms with Gasteiger partial charge in [0.2, 0.25) is 5.91 Å². The molecule has 0 radical (unpaired) electrons. The summed E-state index contributed by atoms with van der Waals surface area (Å²) < 4.78 is 0.994. The van der Waals surface area contributed by atoms with Gasteiger partial charge < -0.3 is 15.5 Å². The van der Waals surface area contributed by atoms with Crippen LogP contribution in [0.4, 0.5) is 5.69 Å². The zero-order chi connectivity index (χ0) is 13.3. The lowest BCUT2D eigenvalue weighted by Crippen LogP contribution is -2.62. The Hall–Kier alpha value is -1.07. The Bertz CT molecular complexity index is 452. The quantitative estimate of drug-likeness (QED) is 0.899. The minimum absolute atomic E-state index is 0.0898. The lowest BCUT2D eigenvalue weighted by Gasteiger charge is -2.44. The van der Waals surface area contributed by atoms with E-state index in [-0.39, 0.29) is 18.0 Å². The van der Waals surface area contributed by atoms with Crippen LogP contribution in [0.5, 0.6) is 0 Å². The third-order valence-electron chi connectivity index (χ3n) is 3.52. The molecule has 1 aromatic carbocycles. The predicted octanol–water partition coefficient (Wildman–Crippen LogP) is 1.44. The van der Waals surface area contributed by atoms with E-state index in [4.69, 9.17) is 5.73 Å². The van der Waals surface area contributed by atoms with Crippen molar-refractivity contribution < 1.29 is 4.79 Å². The van der Waals surface area contributed by atoms with Crippen molar-refractivity contribution in [3.63, 3.8) is 0 Å². The van der Waals surface area contributed by atoms with Crippen molar-refractivity contribution >= 4 is 27.5 Å². The average molecular weight is 312 g/mol. The zero-order valence-electron chi connectivity index (χ0n) is 10.6. The summed E-state index contributed by atoms with van der Waals surface area (Å²) in [6.45, 7) is 3.18. The molecular weight excluding hydrogens is 294 g/mol. The summed E-state index contributed by atoms with van der Waals surface area (Å²) in [4.78, 5) is 16.1. The normalized spacial score (nSPS) is 24.6. The van der Waals surface area contributed by atoms with Crippen molar-refractivity contribution in [3.8, 4) is 0 Å². The first kappa shape index (κ1) is 13.4. The van der Waals surface area contributed by atoms with Crippen LogP contribution < -0.4 is 10.6 Å². The maximum Gasteiger partial charge on any atom is 0.246 e. The van der Waals surface area contributed by atoms with Crippen molar-refractivity contribution in [2.75, 3.05) is 25.0 Å². The molecule has 1 heterocycles. The number of anilines is 1. The molecule has 18 heavy (non-hydrogen) atoms. The number of nitrogens with zero attached hydrogens (tertiary/aromatic N) is 2. The fourth-order valence-corrected chi connectivity index (χ4v) is 2.81. The van der Waals surface area contributed by atoms with Gasteiger partial charge in [-0.2, -0.15) is 0 Å². The lowest BCUT2D eigenvalue weighted by molar-refractivity contribution is -0.134. The standard InChI is InChI=1S/C13H18BrN3O/c1-9-8-17(11-6-4-3-5-10(11)14)12(7-15)13(18)16(9)2/h3-6,9,12H,7-8,15H2,1-2H3. The fraction of sp³-hybridized carbons (Fsp3) is 0.462. The minimum Gasteiger partial charge on any atom is -0.356 e. The van der Waals surface area contributed by atoms with E-state index < -0.39 is 0 Å². The van der Waals surface area contributed by atoms with Crippen molar-refractivity contribution in [1.29, 1.82) is 0 Å². The van der Waals surface area contributed by atoms with Gasteiger partial charge in [0, 0.05) is 30.7 Å². The Morgan fingerprint density at radius 2 is 2.11 bits per heavy atom. The SMILES string of the molecule is CC1CN(c2ccccc2Br)C(CN)C(=O)N1C. The summed E-state index contributed by atoms with van der Waals surface area (Å²) in [6, 6.07) is 7.85. The number of hydrogen-bond donors (Lipinski definition) is 1. The molecule has 2 N–H and O–H groups in total. The highest BCUT2D eigenvalue weighted by molar-refractivity contribution is 9.10. The van der Waals surface area contributed by atoms with E-state index in [1.807, 2.05) is 31.3 Å². The maximum absolute atomic E-state index is 12.3. The topological polar surface area (TPSA) is 49.6 Å². The van der Waals surface area contributed by atoms with E-state index in [9.17, 15) is 4.79 Å². The highest BCUT2D eigenvalue weighted by Crippen LogP contribution is 2.30. The van der Waals surface area contributed by atoms with Gasteiger partial charge in [-0.05, 0) is 35.0 Å². The first-order chi connectivity index (χ1) is 8.56. The minimum atomic E-state index is -0.273.